The molecule has 0 aromatic carbocycles. The Labute approximate surface area is 101 Å². The lowest BCUT2D eigenvalue weighted by molar-refractivity contribution is -0.141. The van der Waals surface area contributed by atoms with Gasteiger partial charge in [0, 0.05) is 19.6 Å². The predicted molar refractivity (Wildman–Crippen MR) is 55.9 cm³/mol. The summed E-state index contributed by atoms with van der Waals surface area (Å²) in [5.41, 5.74) is -2.04. The molecule has 1 fully saturated rings. The highest BCUT2D eigenvalue weighted by Crippen LogP contribution is 2.27. The Hall–Kier alpha value is -1.41. The number of hydrogen-bond acceptors (Lipinski definition) is 5. The summed E-state index contributed by atoms with van der Waals surface area (Å²) in [5.74, 6) is 0.184. The first kappa shape index (κ1) is 13.0. The molecular weight excluding hydrogens is 251 g/mol. The van der Waals surface area contributed by atoms with Crippen LogP contribution in [0.25, 0.3) is 0 Å². The van der Waals surface area contributed by atoms with Crippen LogP contribution in [0.4, 0.5) is 19.0 Å². The lowest BCUT2D eigenvalue weighted by Gasteiger charge is -2.20. The molecule has 0 aliphatic carbocycles. The minimum atomic E-state index is -4.50. The second-order valence-electron chi connectivity index (χ2n) is 4.18. The van der Waals surface area contributed by atoms with E-state index in [-0.39, 0.29) is 19.0 Å². The van der Waals surface area contributed by atoms with Crippen LogP contribution >= 0.6 is 0 Å². The first-order valence-corrected chi connectivity index (χ1v) is 5.34. The number of aromatic nitrogens is 2. The van der Waals surface area contributed by atoms with Crippen LogP contribution in [-0.2, 0) is 10.9 Å². The zero-order valence-electron chi connectivity index (χ0n) is 9.37. The normalized spacial score (nSPS) is 24.2. The number of nitrogens with zero attached hydrogens (tertiary/aromatic N) is 2. The van der Waals surface area contributed by atoms with Gasteiger partial charge >= 0.3 is 6.18 Å². The van der Waals surface area contributed by atoms with Crippen molar-refractivity contribution in [1.29, 1.82) is 0 Å². The summed E-state index contributed by atoms with van der Waals surface area (Å²) in [5, 5.41) is 19.1. The highest BCUT2D eigenvalue weighted by molar-refractivity contribution is 5.34. The third-order valence-electron chi connectivity index (χ3n) is 2.64. The zero-order valence-corrected chi connectivity index (χ0v) is 9.37. The number of anilines is 1. The monoisotopic (exact) mass is 263 g/mol. The highest BCUT2D eigenvalue weighted by Gasteiger charge is 2.34. The van der Waals surface area contributed by atoms with Gasteiger partial charge in [-0.15, -0.1) is 10.2 Å². The minimum absolute atomic E-state index is 0.160. The van der Waals surface area contributed by atoms with E-state index in [1.165, 1.54) is 6.07 Å². The van der Waals surface area contributed by atoms with Gasteiger partial charge in [0.2, 0.25) is 0 Å². The Bertz CT molecular complexity index is 402. The molecule has 0 bridgehead atoms. The van der Waals surface area contributed by atoms with E-state index in [0.29, 0.717) is 13.0 Å². The van der Waals surface area contributed by atoms with Crippen LogP contribution in [0.3, 0.4) is 0 Å². The van der Waals surface area contributed by atoms with Gasteiger partial charge in [-0.2, -0.15) is 13.2 Å². The number of ether oxygens (including phenoxy) is 1. The third kappa shape index (κ3) is 3.08. The lowest BCUT2D eigenvalue weighted by atomic mass is 10.0. The molecule has 100 valence electrons. The fourth-order valence-corrected chi connectivity index (χ4v) is 1.57. The molecule has 1 aliphatic heterocycles. The molecule has 8 heteroatoms. The summed E-state index contributed by atoms with van der Waals surface area (Å²) in [6.07, 6.45) is -4.02. The Balaban J connectivity index is 1.94. The van der Waals surface area contributed by atoms with Crippen LogP contribution in [0.2, 0.25) is 0 Å². The van der Waals surface area contributed by atoms with E-state index in [2.05, 4.69) is 15.5 Å². The Morgan fingerprint density at radius 2 is 2.17 bits per heavy atom. The first-order chi connectivity index (χ1) is 8.39. The molecule has 1 aliphatic rings. The van der Waals surface area contributed by atoms with E-state index in [9.17, 15) is 18.3 Å². The van der Waals surface area contributed by atoms with E-state index >= 15 is 0 Å². The number of hydrogen-bond donors (Lipinski definition) is 2. The van der Waals surface area contributed by atoms with Crippen molar-refractivity contribution in [2.45, 2.75) is 18.2 Å². The van der Waals surface area contributed by atoms with Crippen LogP contribution in [0.1, 0.15) is 12.1 Å². The lowest BCUT2D eigenvalue weighted by Crippen LogP contribution is -2.37. The van der Waals surface area contributed by atoms with Crippen molar-refractivity contribution in [1.82, 2.24) is 10.2 Å². The first-order valence-electron chi connectivity index (χ1n) is 5.34. The van der Waals surface area contributed by atoms with Gasteiger partial charge in [-0.25, -0.2) is 0 Å². The van der Waals surface area contributed by atoms with Crippen molar-refractivity contribution in [3.63, 3.8) is 0 Å². The Morgan fingerprint density at radius 1 is 1.39 bits per heavy atom. The summed E-state index contributed by atoms with van der Waals surface area (Å²) in [4.78, 5) is 0. The van der Waals surface area contributed by atoms with Gasteiger partial charge < -0.3 is 15.2 Å². The molecule has 1 saturated heterocycles. The summed E-state index contributed by atoms with van der Waals surface area (Å²) in [7, 11) is 0. The minimum Gasteiger partial charge on any atom is -0.386 e. The van der Waals surface area contributed by atoms with E-state index in [0.717, 1.165) is 6.07 Å². The Morgan fingerprint density at radius 3 is 2.67 bits per heavy atom. The fourth-order valence-electron chi connectivity index (χ4n) is 1.57. The molecule has 1 aromatic rings. The van der Waals surface area contributed by atoms with Crippen LogP contribution in [0, 0.1) is 0 Å². The van der Waals surface area contributed by atoms with Gasteiger partial charge in [0.15, 0.2) is 5.69 Å². The predicted octanol–water partition coefficient (Wildman–Crippen LogP) is 1.06. The number of nitrogens with one attached hydrogen (secondary N) is 1. The largest absolute Gasteiger partial charge is 0.435 e. The number of halogens is 3. The van der Waals surface area contributed by atoms with Crippen LogP contribution in [0.15, 0.2) is 12.1 Å². The van der Waals surface area contributed by atoms with Crippen molar-refractivity contribution in [2.75, 3.05) is 25.1 Å². The van der Waals surface area contributed by atoms with Crippen LogP contribution in [0.5, 0.6) is 0 Å². The van der Waals surface area contributed by atoms with Crippen molar-refractivity contribution < 1.29 is 23.0 Å². The van der Waals surface area contributed by atoms with Gasteiger partial charge in [0.1, 0.15) is 11.4 Å². The SMILES string of the molecule is OC1(CNc2ccc(C(F)(F)F)nn2)CCOC1. The number of rotatable bonds is 3. The molecule has 0 amide bonds. The molecule has 18 heavy (non-hydrogen) atoms. The van der Waals surface area contributed by atoms with Gasteiger partial charge in [0.25, 0.3) is 0 Å². The quantitative estimate of drug-likeness (QED) is 0.853. The standard InChI is InChI=1S/C10H12F3N3O2/c11-10(12,13)7-1-2-8(16-15-7)14-5-9(17)3-4-18-6-9/h1-2,17H,3-6H2,(H,14,16). The van der Waals surface area contributed by atoms with E-state index in [1.54, 1.807) is 0 Å². The summed E-state index contributed by atoms with van der Waals surface area (Å²) in [6.45, 7) is 0.831. The fraction of sp³-hybridized carbons (Fsp3) is 0.600. The smallest absolute Gasteiger partial charge is 0.386 e. The molecule has 2 N–H and O–H groups in total. The Kier molecular flexibility index (Phi) is 3.40. The second-order valence-corrected chi connectivity index (χ2v) is 4.18. The molecular formula is C10H12F3N3O2. The maximum atomic E-state index is 12.2. The van der Waals surface area contributed by atoms with Crippen LogP contribution in [-0.4, -0.2) is 40.7 Å². The van der Waals surface area contributed by atoms with Crippen molar-refractivity contribution in [2.24, 2.45) is 0 Å². The molecule has 2 rings (SSSR count). The van der Waals surface area contributed by atoms with Crippen molar-refractivity contribution in [3.05, 3.63) is 17.8 Å². The van der Waals surface area contributed by atoms with Gasteiger partial charge in [-0.3, -0.25) is 0 Å². The summed E-state index contributed by atoms with van der Waals surface area (Å²) in [6, 6.07) is 2.01. The summed E-state index contributed by atoms with van der Waals surface area (Å²) >= 11 is 0. The second kappa shape index (κ2) is 4.69. The average Bonchev–Trinajstić information content (AvgIpc) is 2.74. The topological polar surface area (TPSA) is 67.3 Å². The maximum absolute atomic E-state index is 12.2. The molecule has 2 heterocycles. The van der Waals surface area contributed by atoms with Crippen molar-refractivity contribution >= 4 is 5.82 Å². The van der Waals surface area contributed by atoms with E-state index < -0.39 is 17.5 Å². The average molecular weight is 263 g/mol. The van der Waals surface area contributed by atoms with Gasteiger partial charge in [-0.05, 0) is 12.1 Å². The molecule has 0 saturated carbocycles. The maximum Gasteiger partial charge on any atom is 0.435 e. The zero-order chi connectivity index (χ0) is 13.2. The van der Waals surface area contributed by atoms with Gasteiger partial charge in [-0.1, -0.05) is 0 Å². The highest BCUT2D eigenvalue weighted by atomic mass is 19.4. The van der Waals surface area contributed by atoms with Crippen molar-refractivity contribution in [3.8, 4) is 0 Å². The van der Waals surface area contributed by atoms with E-state index in [4.69, 9.17) is 4.74 Å². The number of aliphatic hydroxyl groups is 1. The molecule has 0 radical (unpaired) electrons. The summed E-state index contributed by atoms with van der Waals surface area (Å²) < 4.78 is 41.7. The molecule has 0 spiro atoms. The van der Waals surface area contributed by atoms with E-state index in [1.807, 2.05) is 0 Å². The van der Waals surface area contributed by atoms with Gasteiger partial charge in [0.05, 0.1) is 6.61 Å². The van der Waals surface area contributed by atoms with Crippen LogP contribution < -0.4 is 5.32 Å². The third-order valence-corrected chi connectivity index (χ3v) is 2.64. The molecule has 1 atom stereocenters. The molecule has 5 nitrogen and oxygen atoms in total. The molecule has 1 unspecified atom stereocenters. The molecule has 1 aromatic heterocycles. The number of alkyl halides is 3.